The quantitative estimate of drug-likeness (QED) is 0.735. The van der Waals surface area contributed by atoms with Gasteiger partial charge in [0.1, 0.15) is 6.61 Å². The Morgan fingerprint density at radius 3 is 2.74 bits per heavy atom. The molecule has 1 aliphatic rings. The summed E-state index contributed by atoms with van der Waals surface area (Å²) in [6, 6.07) is 15.8. The first-order chi connectivity index (χ1) is 13.2. The number of aryl methyl sites for hydroxylation is 1. The van der Waals surface area contributed by atoms with Gasteiger partial charge in [0.05, 0.1) is 13.2 Å². The molecule has 1 atom stereocenters. The van der Waals surface area contributed by atoms with E-state index in [1.54, 1.807) is 7.11 Å². The van der Waals surface area contributed by atoms with E-state index in [1.807, 2.05) is 48.5 Å². The van der Waals surface area contributed by atoms with E-state index in [2.05, 4.69) is 5.32 Å². The van der Waals surface area contributed by atoms with Crippen molar-refractivity contribution in [1.29, 1.82) is 0 Å². The zero-order valence-corrected chi connectivity index (χ0v) is 15.8. The van der Waals surface area contributed by atoms with Gasteiger partial charge in [0, 0.05) is 19.6 Å². The highest BCUT2D eigenvalue weighted by Gasteiger charge is 2.17. The molecule has 1 aliphatic heterocycles. The largest absolute Gasteiger partial charge is 0.493 e. The van der Waals surface area contributed by atoms with Crippen LogP contribution in [0.1, 0.15) is 30.4 Å². The maximum absolute atomic E-state index is 12.1. The number of carbonyl (C=O) groups excluding carboxylic acids is 1. The molecule has 1 N–H and O–H groups in total. The summed E-state index contributed by atoms with van der Waals surface area (Å²) in [5.74, 6) is 1.41. The average Bonchev–Trinajstić information content (AvgIpc) is 3.24. The minimum Gasteiger partial charge on any atom is -0.493 e. The number of nitrogens with one attached hydrogen (secondary N) is 1. The fraction of sp³-hybridized carbons (Fsp3) is 0.409. The van der Waals surface area contributed by atoms with Crippen LogP contribution in [0.5, 0.6) is 11.5 Å². The number of amides is 1. The van der Waals surface area contributed by atoms with Crippen molar-refractivity contribution in [3.8, 4) is 11.5 Å². The van der Waals surface area contributed by atoms with Crippen LogP contribution in [0.3, 0.4) is 0 Å². The molecule has 1 heterocycles. The van der Waals surface area contributed by atoms with Crippen molar-refractivity contribution in [2.24, 2.45) is 0 Å². The van der Waals surface area contributed by atoms with Crippen LogP contribution >= 0.6 is 0 Å². The van der Waals surface area contributed by atoms with E-state index in [0.29, 0.717) is 31.1 Å². The zero-order valence-electron chi connectivity index (χ0n) is 15.8. The lowest BCUT2D eigenvalue weighted by Crippen LogP contribution is -2.23. The Labute approximate surface area is 160 Å². The summed E-state index contributed by atoms with van der Waals surface area (Å²) in [5, 5.41) is 2.96. The van der Waals surface area contributed by atoms with E-state index in [-0.39, 0.29) is 12.0 Å². The Morgan fingerprint density at radius 1 is 1.15 bits per heavy atom. The van der Waals surface area contributed by atoms with Crippen LogP contribution in [0.2, 0.25) is 0 Å². The van der Waals surface area contributed by atoms with Crippen molar-refractivity contribution in [3.05, 3.63) is 59.7 Å². The van der Waals surface area contributed by atoms with Gasteiger partial charge in [0.2, 0.25) is 5.91 Å². The Morgan fingerprint density at radius 2 is 2.00 bits per heavy atom. The molecular weight excluding hydrogens is 342 g/mol. The van der Waals surface area contributed by atoms with E-state index in [0.717, 1.165) is 31.4 Å². The minimum absolute atomic E-state index is 0.0385. The molecule has 0 radical (unpaired) electrons. The van der Waals surface area contributed by atoms with Crippen LogP contribution in [-0.2, 0) is 22.5 Å². The standard InChI is InChI=1S/C22H27NO4/c1-25-21-14-18(9-11-20(21)27-16-19-8-5-13-26-19)15-23-22(24)12-10-17-6-3-2-4-7-17/h2-4,6-7,9,11,14,19H,5,8,10,12-13,15-16H2,1H3,(H,23,24)/t19-/m0/s1. The van der Waals surface area contributed by atoms with Crippen LogP contribution in [-0.4, -0.2) is 32.3 Å². The Balaban J connectivity index is 1.47. The molecule has 5 heteroatoms. The fourth-order valence-corrected chi connectivity index (χ4v) is 3.09. The van der Waals surface area contributed by atoms with Crippen molar-refractivity contribution >= 4 is 5.91 Å². The molecule has 0 saturated carbocycles. The topological polar surface area (TPSA) is 56.8 Å². The van der Waals surface area contributed by atoms with E-state index < -0.39 is 0 Å². The smallest absolute Gasteiger partial charge is 0.220 e. The predicted octanol–water partition coefficient (Wildman–Crippen LogP) is 3.50. The summed E-state index contributed by atoms with van der Waals surface area (Å²) in [7, 11) is 1.62. The molecule has 2 aromatic rings. The second kappa shape index (κ2) is 9.97. The number of methoxy groups -OCH3 is 1. The van der Waals surface area contributed by atoms with Gasteiger partial charge in [0.25, 0.3) is 0 Å². The number of carbonyl (C=O) groups is 1. The maximum atomic E-state index is 12.1. The highest BCUT2D eigenvalue weighted by Crippen LogP contribution is 2.29. The molecule has 0 aliphatic carbocycles. The van der Waals surface area contributed by atoms with Crippen molar-refractivity contribution in [2.45, 2.75) is 38.3 Å². The van der Waals surface area contributed by atoms with E-state index in [4.69, 9.17) is 14.2 Å². The van der Waals surface area contributed by atoms with Gasteiger partial charge in [-0.15, -0.1) is 0 Å². The molecule has 0 spiro atoms. The van der Waals surface area contributed by atoms with Gasteiger partial charge in [-0.25, -0.2) is 0 Å². The number of ether oxygens (including phenoxy) is 3. The number of hydrogen-bond acceptors (Lipinski definition) is 4. The van der Waals surface area contributed by atoms with E-state index in [1.165, 1.54) is 5.56 Å². The molecule has 1 fully saturated rings. The Hall–Kier alpha value is -2.53. The third-order valence-corrected chi connectivity index (χ3v) is 4.65. The summed E-state index contributed by atoms with van der Waals surface area (Å²) >= 11 is 0. The Bertz CT molecular complexity index is 726. The summed E-state index contributed by atoms with van der Waals surface area (Å²) in [6.45, 7) is 1.82. The minimum atomic E-state index is 0.0385. The van der Waals surface area contributed by atoms with Gasteiger partial charge in [-0.05, 0) is 42.5 Å². The lowest BCUT2D eigenvalue weighted by molar-refractivity contribution is -0.121. The van der Waals surface area contributed by atoms with Gasteiger partial charge in [-0.2, -0.15) is 0 Å². The molecule has 1 amide bonds. The number of benzene rings is 2. The summed E-state index contributed by atoms with van der Waals surface area (Å²) in [6.07, 6.45) is 3.51. The molecule has 0 aromatic heterocycles. The van der Waals surface area contributed by atoms with Crippen LogP contribution < -0.4 is 14.8 Å². The average molecular weight is 369 g/mol. The second-order valence-electron chi connectivity index (χ2n) is 6.69. The molecule has 0 unspecified atom stereocenters. The molecule has 144 valence electrons. The van der Waals surface area contributed by atoms with Crippen molar-refractivity contribution < 1.29 is 19.0 Å². The molecule has 2 aromatic carbocycles. The molecular formula is C22H27NO4. The molecule has 27 heavy (non-hydrogen) atoms. The fourth-order valence-electron chi connectivity index (χ4n) is 3.09. The van der Waals surface area contributed by atoms with Crippen LogP contribution in [0.25, 0.3) is 0 Å². The summed E-state index contributed by atoms with van der Waals surface area (Å²) < 4.78 is 16.9. The van der Waals surface area contributed by atoms with Gasteiger partial charge in [0.15, 0.2) is 11.5 Å². The first kappa shape index (κ1) is 19.2. The van der Waals surface area contributed by atoms with Crippen molar-refractivity contribution in [1.82, 2.24) is 5.32 Å². The number of rotatable bonds is 9. The third kappa shape index (κ3) is 6.00. The van der Waals surface area contributed by atoms with Gasteiger partial charge < -0.3 is 19.5 Å². The van der Waals surface area contributed by atoms with Crippen LogP contribution in [0, 0.1) is 0 Å². The highest BCUT2D eigenvalue weighted by molar-refractivity contribution is 5.76. The normalized spacial score (nSPS) is 16.1. The Kier molecular flexibility index (Phi) is 7.11. The zero-order chi connectivity index (χ0) is 18.9. The predicted molar refractivity (Wildman–Crippen MR) is 104 cm³/mol. The molecule has 1 saturated heterocycles. The monoisotopic (exact) mass is 369 g/mol. The van der Waals surface area contributed by atoms with Gasteiger partial charge in [-0.3, -0.25) is 4.79 Å². The highest BCUT2D eigenvalue weighted by atomic mass is 16.5. The van der Waals surface area contributed by atoms with Crippen molar-refractivity contribution in [3.63, 3.8) is 0 Å². The summed E-state index contributed by atoms with van der Waals surface area (Å²) in [5.41, 5.74) is 2.14. The first-order valence-corrected chi connectivity index (χ1v) is 9.46. The van der Waals surface area contributed by atoms with Crippen molar-refractivity contribution in [2.75, 3.05) is 20.3 Å². The van der Waals surface area contributed by atoms with Gasteiger partial charge in [-0.1, -0.05) is 36.4 Å². The van der Waals surface area contributed by atoms with E-state index >= 15 is 0 Å². The molecule has 5 nitrogen and oxygen atoms in total. The summed E-state index contributed by atoms with van der Waals surface area (Å²) in [4.78, 5) is 12.1. The second-order valence-corrected chi connectivity index (χ2v) is 6.69. The van der Waals surface area contributed by atoms with Crippen LogP contribution in [0.15, 0.2) is 48.5 Å². The lowest BCUT2D eigenvalue weighted by Gasteiger charge is -2.15. The lowest BCUT2D eigenvalue weighted by atomic mass is 10.1. The van der Waals surface area contributed by atoms with Gasteiger partial charge >= 0.3 is 0 Å². The SMILES string of the molecule is COc1cc(CNC(=O)CCc2ccccc2)ccc1OC[C@@H]1CCCO1. The molecule has 3 rings (SSSR count). The van der Waals surface area contributed by atoms with Crippen LogP contribution in [0.4, 0.5) is 0 Å². The maximum Gasteiger partial charge on any atom is 0.220 e. The first-order valence-electron chi connectivity index (χ1n) is 9.46. The molecule has 0 bridgehead atoms. The number of hydrogen-bond donors (Lipinski definition) is 1. The van der Waals surface area contributed by atoms with E-state index in [9.17, 15) is 4.79 Å². The third-order valence-electron chi connectivity index (χ3n) is 4.65.